The second-order valence-corrected chi connectivity index (χ2v) is 12.7. The fraction of sp³-hybridized carbons (Fsp3) is 0.421. The number of aromatic nitrogens is 4. The summed E-state index contributed by atoms with van der Waals surface area (Å²) >= 11 is 0. The molecule has 2 atom stereocenters. The maximum absolute atomic E-state index is 10.1. The van der Waals surface area contributed by atoms with Crippen LogP contribution >= 0.6 is 0 Å². The van der Waals surface area contributed by atoms with Crippen LogP contribution in [0.1, 0.15) is 119 Å². The summed E-state index contributed by atoms with van der Waals surface area (Å²) in [5.41, 5.74) is 20.5. The molecule has 51 heavy (non-hydrogen) atoms. The molecule has 2 heterocycles. The molecule has 13 heteroatoms. The summed E-state index contributed by atoms with van der Waals surface area (Å²) in [5.74, 6) is 0.697. The number of hydrogen-bond donors (Lipinski definition) is 7. The number of phenolic OH excluding ortho intramolecular Hbond substituents is 4. The average Bonchev–Trinajstić information content (AvgIpc) is 3.54. The van der Waals surface area contributed by atoms with Gasteiger partial charge >= 0.3 is 0 Å². The monoisotopic (exact) mass is 693 g/mol. The number of nitrogen functional groups attached to an aromatic ring is 2. The van der Waals surface area contributed by atoms with E-state index in [0.29, 0.717) is 22.5 Å². The van der Waals surface area contributed by atoms with E-state index < -0.39 is 0 Å². The molecule has 2 aliphatic rings. The molecular weight excluding hydrogens is 646 g/mol. The zero-order valence-electron chi connectivity index (χ0n) is 29.2. The average molecular weight is 694 g/mol. The summed E-state index contributed by atoms with van der Waals surface area (Å²) in [6, 6.07) is 12.6. The second-order valence-electron chi connectivity index (χ2n) is 12.7. The van der Waals surface area contributed by atoms with E-state index in [1.54, 1.807) is 0 Å². The number of nitrogens with zero attached hydrogens (tertiary/aromatic N) is 6. The number of phenols is 4. The van der Waals surface area contributed by atoms with Crippen molar-refractivity contribution in [2.45, 2.75) is 102 Å². The number of rotatable bonds is 4. The van der Waals surface area contributed by atoms with Crippen LogP contribution in [0.2, 0.25) is 0 Å². The fourth-order valence-electron chi connectivity index (χ4n) is 6.66. The molecule has 13 nitrogen and oxygen atoms in total. The predicted octanol–water partition coefficient (Wildman–Crippen LogP) is 6.86. The fourth-order valence-corrected chi connectivity index (χ4v) is 6.66. The van der Waals surface area contributed by atoms with Crippen molar-refractivity contribution in [1.29, 1.82) is 10.5 Å². The van der Waals surface area contributed by atoms with Crippen molar-refractivity contribution in [3.8, 4) is 57.9 Å². The molecule has 268 valence electrons. The van der Waals surface area contributed by atoms with Crippen LogP contribution in [0.4, 0.5) is 11.6 Å². The number of nitriles is 2. The van der Waals surface area contributed by atoms with Crippen LogP contribution in [0.3, 0.4) is 0 Å². The standard InChI is InChI=1S/C18H21N5O2.C18H20N4O2.C2H6/c19-9-14-16(10-3-1-2-4-11(20)7-10)22-18(23-17(14)21)13-8-12(24)5-6-15(13)25;19-10-14-16(11-5-3-1-2-4-6-11)21-18(22-17(14)20)13-9-12(23)7-8-15(13)24;1-2/h5-6,8,10-11,24-25H,1-4,7,20H2,(H2,21,22,23);7-9,11,23-24H,1-6H2,(H2,20,21,22);1-2H3. The third-order valence-electron chi connectivity index (χ3n) is 9.19. The molecule has 2 saturated carbocycles. The van der Waals surface area contributed by atoms with Crippen molar-refractivity contribution in [3.63, 3.8) is 0 Å². The molecule has 0 aliphatic heterocycles. The molecule has 2 aromatic carbocycles. The first kappa shape index (κ1) is 38.1. The molecule has 4 aromatic rings. The van der Waals surface area contributed by atoms with Crippen molar-refractivity contribution >= 4 is 11.6 Å². The summed E-state index contributed by atoms with van der Waals surface area (Å²) < 4.78 is 0. The lowest BCUT2D eigenvalue weighted by Gasteiger charge is -2.19. The van der Waals surface area contributed by atoms with Gasteiger partial charge in [0.1, 0.15) is 57.9 Å². The van der Waals surface area contributed by atoms with Crippen LogP contribution in [0.25, 0.3) is 22.8 Å². The Balaban J connectivity index is 0.000000218. The predicted molar refractivity (Wildman–Crippen MR) is 195 cm³/mol. The van der Waals surface area contributed by atoms with E-state index in [-0.39, 0.29) is 75.3 Å². The SMILES string of the molecule is CC.N#Cc1c(N)nc(-c2cc(O)ccc2O)nc1C1CCCCC(N)C1.N#Cc1c(N)nc(-c2cc(O)ccc2O)nc1C1CCCCCC1. The van der Waals surface area contributed by atoms with E-state index in [1.165, 1.54) is 49.2 Å². The Morgan fingerprint density at radius 1 is 0.608 bits per heavy atom. The molecule has 0 bridgehead atoms. The summed E-state index contributed by atoms with van der Waals surface area (Å²) in [5, 5.41) is 58.5. The van der Waals surface area contributed by atoms with E-state index in [2.05, 4.69) is 32.1 Å². The van der Waals surface area contributed by atoms with E-state index in [0.717, 1.165) is 57.8 Å². The number of anilines is 2. The zero-order chi connectivity index (χ0) is 37.1. The molecule has 2 aromatic heterocycles. The Labute approximate surface area is 298 Å². The van der Waals surface area contributed by atoms with Crippen molar-refractivity contribution < 1.29 is 20.4 Å². The summed E-state index contributed by atoms with van der Waals surface area (Å²) in [4.78, 5) is 17.4. The molecular formula is C38H47N9O4. The number of hydrogen-bond acceptors (Lipinski definition) is 13. The van der Waals surface area contributed by atoms with Crippen molar-refractivity contribution in [2.24, 2.45) is 5.73 Å². The first-order valence-corrected chi connectivity index (χ1v) is 17.5. The van der Waals surface area contributed by atoms with Gasteiger partial charge in [0.15, 0.2) is 11.6 Å². The maximum atomic E-state index is 10.1. The van der Waals surface area contributed by atoms with E-state index in [4.69, 9.17) is 17.2 Å². The summed E-state index contributed by atoms with van der Waals surface area (Å²) in [7, 11) is 0. The summed E-state index contributed by atoms with van der Waals surface area (Å²) in [6.07, 6.45) is 11.2. The van der Waals surface area contributed by atoms with Gasteiger partial charge in [0, 0.05) is 17.9 Å². The number of nitrogens with two attached hydrogens (primary N) is 3. The van der Waals surface area contributed by atoms with Crippen molar-refractivity contribution in [1.82, 2.24) is 19.9 Å². The van der Waals surface area contributed by atoms with Gasteiger partial charge in [0.2, 0.25) is 0 Å². The molecule has 0 amide bonds. The summed E-state index contributed by atoms with van der Waals surface area (Å²) in [6.45, 7) is 4.00. The van der Waals surface area contributed by atoms with Gasteiger partial charge in [-0.05, 0) is 68.5 Å². The van der Waals surface area contributed by atoms with Gasteiger partial charge in [-0.2, -0.15) is 10.5 Å². The van der Waals surface area contributed by atoms with E-state index >= 15 is 0 Å². The van der Waals surface area contributed by atoms with Gasteiger partial charge < -0.3 is 37.6 Å². The molecule has 6 rings (SSSR count). The van der Waals surface area contributed by atoms with Crippen molar-refractivity contribution in [3.05, 3.63) is 58.9 Å². The van der Waals surface area contributed by atoms with Crippen molar-refractivity contribution in [2.75, 3.05) is 11.5 Å². The normalized spacial score (nSPS) is 17.6. The van der Waals surface area contributed by atoms with Crippen LogP contribution in [-0.2, 0) is 0 Å². The van der Waals surface area contributed by atoms with Gasteiger partial charge in [0.05, 0.1) is 22.5 Å². The molecule has 2 fully saturated rings. The van der Waals surface area contributed by atoms with Gasteiger partial charge in [0.25, 0.3) is 0 Å². The lowest BCUT2D eigenvalue weighted by atomic mass is 9.91. The molecule has 2 aliphatic carbocycles. The second kappa shape index (κ2) is 17.8. The Kier molecular flexibility index (Phi) is 13.3. The van der Waals surface area contributed by atoms with Gasteiger partial charge in [-0.1, -0.05) is 52.4 Å². The lowest BCUT2D eigenvalue weighted by molar-refractivity contribution is 0.461. The highest BCUT2D eigenvalue weighted by atomic mass is 16.3. The minimum atomic E-state index is -0.0644. The highest BCUT2D eigenvalue weighted by Crippen LogP contribution is 2.38. The lowest BCUT2D eigenvalue weighted by Crippen LogP contribution is -2.22. The minimum Gasteiger partial charge on any atom is -0.508 e. The first-order valence-electron chi connectivity index (χ1n) is 17.5. The highest BCUT2D eigenvalue weighted by Gasteiger charge is 2.27. The molecule has 0 spiro atoms. The third kappa shape index (κ3) is 9.32. The number of aromatic hydroxyl groups is 4. The molecule has 10 N–H and O–H groups in total. The quantitative estimate of drug-likeness (QED) is 0.0852. The Morgan fingerprint density at radius 2 is 1.02 bits per heavy atom. The van der Waals surface area contributed by atoms with Crippen LogP contribution in [0.15, 0.2) is 36.4 Å². The topological polar surface area (TPSA) is 258 Å². The number of benzene rings is 2. The van der Waals surface area contributed by atoms with Crippen LogP contribution < -0.4 is 17.2 Å². The molecule has 2 unspecified atom stereocenters. The van der Waals surface area contributed by atoms with E-state index in [1.807, 2.05) is 13.8 Å². The van der Waals surface area contributed by atoms with Gasteiger partial charge in [-0.3, -0.25) is 0 Å². The minimum absolute atomic E-state index is 0.00495. The Morgan fingerprint density at radius 3 is 1.49 bits per heavy atom. The zero-order valence-corrected chi connectivity index (χ0v) is 29.2. The van der Waals surface area contributed by atoms with Gasteiger partial charge in [-0.25, -0.2) is 19.9 Å². The third-order valence-corrected chi connectivity index (χ3v) is 9.19. The van der Waals surface area contributed by atoms with Gasteiger partial charge in [-0.15, -0.1) is 0 Å². The highest BCUT2D eigenvalue weighted by molar-refractivity contribution is 5.69. The molecule has 0 radical (unpaired) electrons. The Bertz CT molecular complexity index is 1900. The maximum Gasteiger partial charge on any atom is 0.165 e. The Hall–Kier alpha value is -5.66. The smallest absolute Gasteiger partial charge is 0.165 e. The molecule has 0 saturated heterocycles. The largest absolute Gasteiger partial charge is 0.508 e. The van der Waals surface area contributed by atoms with Crippen LogP contribution in [0, 0.1) is 22.7 Å². The van der Waals surface area contributed by atoms with E-state index in [9.17, 15) is 30.9 Å². The van der Waals surface area contributed by atoms with Crippen LogP contribution in [0.5, 0.6) is 23.0 Å². The van der Waals surface area contributed by atoms with Crippen LogP contribution in [-0.4, -0.2) is 46.4 Å². The first-order chi connectivity index (χ1) is 24.6.